The molecule has 86 valence electrons. The number of hydrogen-bond donors (Lipinski definition) is 1. The first-order chi connectivity index (χ1) is 8.22. The Labute approximate surface area is 104 Å². The van der Waals surface area contributed by atoms with Gasteiger partial charge < -0.3 is 5.73 Å². The molecule has 1 aromatic carbocycles. The van der Waals surface area contributed by atoms with E-state index in [0.717, 1.165) is 17.6 Å². The quantitative estimate of drug-likeness (QED) is 0.831. The van der Waals surface area contributed by atoms with Crippen molar-refractivity contribution in [3.05, 3.63) is 52.7 Å². The van der Waals surface area contributed by atoms with Crippen LogP contribution in [-0.2, 0) is 0 Å². The number of aryl methyl sites for hydroxylation is 1. The van der Waals surface area contributed by atoms with Crippen molar-refractivity contribution in [3.63, 3.8) is 0 Å². The minimum Gasteiger partial charge on any atom is -0.399 e. The molecule has 0 aliphatic heterocycles. The monoisotopic (exact) mass is 242 g/mol. The van der Waals surface area contributed by atoms with E-state index in [1.54, 1.807) is 11.3 Å². The second-order valence-electron chi connectivity index (χ2n) is 4.43. The van der Waals surface area contributed by atoms with E-state index in [9.17, 15) is 0 Å². The van der Waals surface area contributed by atoms with E-state index in [2.05, 4.69) is 37.3 Å². The zero-order chi connectivity index (χ0) is 11.8. The van der Waals surface area contributed by atoms with Crippen LogP contribution in [0, 0.1) is 6.92 Å². The lowest BCUT2D eigenvalue weighted by atomic mass is 10.0. The molecule has 0 saturated heterocycles. The maximum absolute atomic E-state index is 5.73. The highest BCUT2D eigenvalue weighted by atomic mass is 32.1. The van der Waals surface area contributed by atoms with Gasteiger partial charge in [-0.2, -0.15) is 0 Å². The highest BCUT2D eigenvalue weighted by Gasteiger charge is 2.14. The molecule has 1 aliphatic rings. The standard InChI is InChI=1S/C14H14N2S/c1-9-2-7-12-13(8-9)17-14(16-12)10-3-5-11(15)6-4-10/h2-3,5-8,10H,4,15H2,1H3. The third-order valence-electron chi connectivity index (χ3n) is 3.01. The highest BCUT2D eigenvalue weighted by Crippen LogP contribution is 2.32. The molecule has 0 saturated carbocycles. The Kier molecular flexibility index (Phi) is 2.48. The van der Waals surface area contributed by atoms with Crippen LogP contribution < -0.4 is 5.73 Å². The molecule has 0 spiro atoms. The van der Waals surface area contributed by atoms with Crippen molar-refractivity contribution in [1.82, 2.24) is 4.98 Å². The third-order valence-corrected chi connectivity index (χ3v) is 4.16. The van der Waals surface area contributed by atoms with Gasteiger partial charge in [-0.25, -0.2) is 4.98 Å². The first-order valence-electron chi connectivity index (χ1n) is 5.73. The van der Waals surface area contributed by atoms with Crippen molar-refractivity contribution >= 4 is 21.6 Å². The number of nitrogens with two attached hydrogens (primary N) is 1. The van der Waals surface area contributed by atoms with Gasteiger partial charge in [0.25, 0.3) is 0 Å². The number of rotatable bonds is 1. The Morgan fingerprint density at radius 3 is 3.06 bits per heavy atom. The normalized spacial score (nSPS) is 19.6. The second kappa shape index (κ2) is 4.00. The number of thiazole rings is 1. The molecule has 2 aromatic rings. The Balaban J connectivity index is 1.99. The summed E-state index contributed by atoms with van der Waals surface area (Å²) in [5, 5.41) is 1.19. The Morgan fingerprint density at radius 2 is 2.29 bits per heavy atom. The Morgan fingerprint density at radius 1 is 1.41 bits per heavy atom. The molecule has 17 heavy (non-hydrogen) atoms. The molecule has 0 amide bonds. The van der Waals surface area contributed by atoms with Crippen molar-refractivity contribution in [2.75, 3.05) is 0 Å². The summed E-state index contributed by atoms with van der Waals surface area (Å²) >= 11 is 1.79. The van der Waals surface area contributed by atoms with Crippen LogP contribution in [0.1, 0.15) is 22.9 Å². The zero-order valence-corrected chi connectivity index (χ0v) is 10.5. The third kappa shape index (κ3) is 1.98. The van der Waals surface area contributed by atoms with E-state index in [-0.39, 0.29) is 0 Å². The average molecular weight is 242 g/mol. The summed E-state index contributed by atoms with van der Waals surface area (Å²) in [4.78, 5) is 4.70. The smallest absolute Gasteiger partial charge is 0.101 e. The molecule has 1 atom stereocenters. The van der Waals surface area contributed by atoms with E-state index in [1.165, 1.54) is 15.3 Å². The van der Waals surface area contributed by atoms with Crippen LogP contribution in [0.25, 0.3) is 10.2 Å². The number of allylic oxidation sites excluding steroid dienone is 3. The number of benzene rings is 1. The summed E-state index contributed by atoms with van der Waals surface area (Å²) in [6.45, 7) is 2.11. The average Bonchev–Trinajstić information content (AvgIpc) is 2.72. The lowest BCUT2D eigenvalue weighted by Gasteiger charge is -2.10. The molecule has 1 aromatic heterocycles. The van der Waals surface area contributed by atoms with Crippen LogP contribution in [0.15, 0.2) is 42.1 Å². The first kappa shape index (κ1) is 10.5. The molecule has 1 heterocycles. The molecule has 1 unspecified atom stereocenters. The van der Waals surface area contributed by atoms with Gasteiger partial charge >= 0.3 is 0 Å². The second-order valence-corrected chi connectivity index (χ2v) is 5.49. The number of hydrogen-bond acceptors (Lipinski definition) is 3. The van der Waals surface area contributed by atoms with Gasteiger partial charge in [-0.3, -0.25) is 0 Å². The van der Waals surface area contributed by atoms with Gasteiger partial charge in [0.05, 0.1) is 10.2 Å². The van der Waals surface area contributed by atoms with E-state index in [4.69, 9.17) is 10.7 Å². The molecule has 3 rings (SSSR count). The molecule has 0 radical (unpaired) electrons. The maximum atomic E-state index is 5.73. The van der Waals surface area contributed by atoms with E-state index >= 15 is 0 Å². The van der Waals surface area contributed by atoms with E-state index in [1.807, 2.05) is 6.08 Å². The summed E-state index contributed by atoms with van der Waals surface area (Å²) < 4.78 is 1.27. The van der Waals surface area contributed by atoms with Crippen molar-refractivity contribution in [1.29, 1.82) is 0 Å². The van der Waals surface area contributed by atoms with E-state index in [0.29, 0.717) is 5.92 Å². The van der Waals surface area contributed by atoms with Gasteiger partial charge in [0, 0.05) is 11.6 Å². The number of nitrogens with zero attached hydrogens (tertiary/aromatic N) is 1. The van der Waals surface area contributed by atoms with Gasteiger partial charge in [-0.05, 0) is 37.1 Å². The van der Waals surface area contributed by atoms with Gasteiger partial charge in [0.15, 0.2) is 0 Å². The lowest BCUT2D eigenvalue weighted by molar-refractivity contribution is 0.835. The zero-order valence-electron chi connectivity index (χ0n) is 9.68. The van der Waals surface area contributed by atoms with Crippen LogP contribution in [0.5, 0.6) is 0 Å². The topological polar surface area (TPSA) is 38.9 Å². The number of aromatic nitrogens is 1. The number of fused-ring (bicyclic) bond motifs is 1. The Hall–Kier alpha value is -1.61. The first-order valence-corrected chi connectivity index (χ1v) is 6.55. The summed E-state index contributed by atoms with van der Waals surface area (Å²) in [5.41, 5.74) is 8.98. The molecule has 1 aliphatic carbocycles. The van der Waals surface area contributed by atoms with Crippen LogP contribution in [0.2, 0.25) is 0 Å². The van der Waals surface area contributed by atoms with Crippen LogP contribution in [0.4, 0.5) is 0 Å². The van der Waals surface area contributed by atoms with Crippen LogP contribution in [-0.4, -0.2) is 4.98 Å². The molecule has 0 bridgehead atoms. The van der Waals surface area contributed by atoms with Crippen molar-refractivity contribution in [2.45, 2.75) is 19.3 Å². The molecule has 2 nitrogen and oxygen atoms in total. The Bertz CT molecular complexity index is 622. The fourth-order valence-corrected chi connectivity index (χ4v) is 3.19. The van der Waals surface area contributed by atoms with Gasteiger partial charge in [0.1, 0.15) is 5.01 Å². The fraction of sp³-hybridized carbons (Fsp3) is 0.214. The largest absolute Gasteiger partial charge is 0.399 e. The molecule has 3 heteroatoms. The minimum atomic E-state index is 0.389. The van der Waals surface area contributed by atoms with Crippen molar-refractivity contribution in [3.8, 4) is 0 Å². The lowest BCUT2D eigenvalue weighted by Crippen LogP contribution is -2.02. The van der Waals surface area contributed by atoms with Crippen molar-refractivity contribution in [2.24, 2.45) is 5.73 Å². The van der Waals surface area contributed by atoms with Gasteiger partial charge in [-0.15, -0.1) is 11.3 Å². The van der Waals surface area contributed by atoms with Gasteiger partial charge in [0.2, 0.25) is 0 Å². The minimum absolute atomic E-state index is 0.389. The molecular formula is C14H14N2S. The summed E-state index contributed by atoms with van der Waals surface area (Å²) in [7, 11) is 0. The van der Waals surface area contributed by atoms with Crippen LogP contribution >= 0.6 is 11.3 Å². The predicted molar refractivity (Wildman–Crippen MR) is 73.1 cm³/mol. The fourth-order valence-electron chi connectivity index (χ4n) is 2.03. The molecule has 2 N–H and O–H groups in total. The summed E-state index contributed by atoms with van der Waals surface area (Å²) in [6.07, 6.45) is 7.16. The molecular weight excluding hydrogens is 228 g/mol. The van der Waals surface area contributed by atoms with E-state index < -0.39 is 0 Å². The van der Waals surface area contributed by atoms with Crippen molar-refractivity contribution < 1.29 is 0 Å². The summed E-state index contributed by atoms with van der Waals surface area (Å²) in [6, 6.07) is 6.41. The van der Waals surface area contributed by atoms with Gasteiger partial charge in [-0.1, -0.05) is 18.2 Å². The molecule has 0 fully saturated rings. The highest BCUT2D eigenvalue weighted by molar-refractivity contribution is 7.18. The predicted octanol–water partition coefficient (Wildman–Crippen LogP) is 3.49. The summed E-state index contributed by atoms with van der Waals surface area (Å²) in [5.74, 6) is 0.389. The maximum Gasteiger partial charge on any atom is 0.101 e. The van der Waals surface area contributed by atoms with Crippen LogP contribution in [0.3, 0.4) is 0 Å². The SMILES string of the molecule is Cc1ccc2nc(C3C=CC(N)=CC3)sc2c1.